The molecule has 2 rings (SSSR count). The number of nitrogens with zero attached hydrogens (tertiary/aromatic N) is 1. The van der Waals surface area contributed by atoms with Crippen LogP contribution in [0.1, 0.15) is 48.8 Å². The van der Waals surface area contributed by atoms with Gasteiger partial charge in [-0.3, -0.25) is 0 Å². The van der Waals surface area contributed by atoms with Gasteiger partial charge in [-0.05, 0) is 56.2 Å². The topological polar surface area (TPSA) is 45.0 Å². The Labute approximate surface area is 121 Å². The summed E-state index contributed by atoms with van der Waals surface area (Å²) in [5.41, 5.74) is 3.75. The van der Waals surface area contributed by atoms with E-state index in [1.165, 1.54) is 29.5 Å². The molecule has 3 nitrogen and oxygen atoms in total. The van der Waals surface area contributed by atoms with Gasteiger partial charge in [0.05, 0.1) is 12.7 Å². The summed E-state index contributed by atoms with van der Waals surface area (Å²) >= 11 is 0. The van der Waals surface area contributed by atoms with Crippen molar-refractivity contribution in [1.29, 1.82) is 5.26 Å². The first-order valence-electron chi connectivity index (χ1n) is 7.54. The monoisotopic (exact) mass is 272 g/mol. The number of benzene rings is 1. The highest BCUT2D eigenvalue weighted by molar-refractivity contribution is 5.43. The van der Waals surface area contributed by atoms with Gasteiger partial charge in [-0.25, -0.2) is 0 Å². The molecular weight excluding hydrogens is 248 g/mol. The summed E-state index contributed by atoms with van der Waals surface area (Å²) in [7, 11) is 0. The fourth-order valence-corrected chi connectivity index (χ4v) is 2.40. The first-order chi connectivity index (χ1) is 9.70. The Hall–Kier alpha value is -1.53. The van der Waals surface area contributed by atoms with Crippen molar-refractivity contribution >= 4 is 0 Å². The van der Waals surface area contributed by atoms with Crippen molar-refractivity contribution in [2.45, 2.75) is 58.5 Å². The zero-order chi connectivity index (χ0) is 14.4. The van der Waals surface area contributed by atoms with Crippen LogP contribution in [0, 0.1) is 25.2 Å². The van der Waals surface area contributed by atoms with E-state index in [1.807, 2.05) is 0 Å². The number of hydrogen-bond donors (Lipinski definition) is 1. The Kier molecular flexibility index (Phi) is 5.43. The average molecular weight is 272 g/mol. The minimum absolute atomic E-state index is 0.618. The van der Waals surface area contributed by atoms with E-state index in [2.05, 4.69) is 37.4 Å². The Balaban J connectivity index is 1.86. The van der Waals surface area contributed by atoms with Gasteiger partial charge < -0.3 is 10.1 Å². The van der Waals surface area contributed by atoms with Crippen LogP contribution in [0.25, 0.3) is 0 Å². The van der Waals surface area contributed by atoms with Crippen molar-refractivity contribution < 1.29 is 4.74 Å². The average Bonchev–Trinajstić information content (AvgIpc) is 3.23. The maximum Gasteiger partial charge on any atom is 0.125 e. The highest BCUT2D eigenvalue weighted by atomic mass is 16.5. The molecule has 1 aliphatic rings. The van der Waals surface area contributed by atoms with Gasteiger partial charge in [0, 0.05) is 19.0 Å². The van der Waals surface area contributed by atoms with Crippen molar-refractivity contribution in [2.24, 2.45) is 0 Å². The molecule has 3 heteroatoms. The van der Waals surface area contributed by atoms with E-state index in [9.17, 15) is 0 Å². The van der Waals surface area contributed by atoms with Crippen LogP contribution in [0.15, 0.2) is 12.1 Å². The molecule has 0 radical (unpaired) electrons. The zero-order valence-corrected chi connectivity index (χ0v) is 12.5. The summed E-state index contributed by atoms with van der Waals surface area (Å²) in [6.45, 7) is 5.87. The van der Waals surface area contributed by atoms with Crippen LogP contribution in [0.2, 0.25) is 0 Å². The first-order valence-corrected chi connectivity index (χ1v) is 7.54. The smallest absolute Gasteiger partial charge is 0.125 e. The molecule has 0 heterocycles. The molecule has 1 aromatic carbocycles. The number of ether oxygens (including phenoxy) is 1. The second-order valence-electron chi connectivity index (χ2n) is 5.68. The van der Waals surface area contributed by atoms with Crippen LogP contribution in [0.5, 0.6) is 5.75 Å². The van der Waals surface area contributed by atoms with E-state index in [1.54, 1.807) is 0 Å². The first kappa shape index (κ1) is 14.9. The highest BCUT2D eigenvalue weighted by Crippen LogP contribution is 2.26. The molecule has 1 saturated carbocycles. The summed E-state index contributed by atoms with van der Waals surface area (Å²) in [6, 6.07) is 7.34. The second-order valence-corrected chi connectivity index (χ2v) is 5.68. The molecule has 108 valence electrons. The number of aryl methyl sites for hydroxylation is 2. The maximum absolute atomic E-state index is 8.50. The standard InChI is InChI=1S/C17H24N2O/c1-13-10-15(12-19-16-6-7-16)11-14(2)17(13)20-9-5-3-4-8-18/h10-11,16,19H,3-7,9,12H2,1-2H3. The van der Waals surface area contributed by atoms with E-state index in [0.29, 0.717) is 13.0 Å². The molecular formula is C17H24N2O. The van der Waals surface area contributed by atoms with Crippen LogP contribution >= 0.6 is 0 Å². The highest BCUT2D eigenvalue weighted by Gasteiger charge is 2.20. The Morgan fingerprint density at radius 2 is 1.95 bits per heavy atom. The van der Waals surface area contributed by atoms with Gasteiger partial charge in [0.2, 0.25) is 0 Å². The van der Waals surface area contributed by atoms with Crippen LogP contribution in [0.4, 0.5) is 0 Å². The molecule has 1 fully saturated rings. The predicted molar refractivity (Wildman–Crippen MR) is 80.7 cm³/mol. The zero-order valence-electron chi connectivity index (χ0n) is 12.5. The lowest BCUT2D eigenvalue weighted by molar-refractivity contribution is 0.303. The molecule has 0 aliphatic heterocycles. The third-order valence-electron chi connectivity index (χ3n) is 3.62. The third kappa shape index (κ3) is 4.54. The van der Waals surface area contributed by atoms with Crippen LogP contribution in [0.3, 0.4) is 0 Å². The minimum atomic E-state index is 0.618. The van der Waals surface area contributed by atoms with E-state index >= 15 is 0 Å². The molecule has 0 spiro atoms. The molecule has 1 aromatic rings. The number of nitriles is 1. The quantitative estimate of drug-likeness (QED) is 0.735. The Morgan fingerprint density at radius 3 is 2.55 bits per heavy atom. The van der Waals surface area contributed by atoms with Crippen LogP contribution in [-0.2, 0) is 6.54 Å². The van der Waals surface area contributed by atoms with Crippen molar-refractivity contribution in [2.75, 3.05) is 6.61 Å². The van der Waals surface area contributed by atoms with Gasteiger partial charge in [-0.1, -0.05) is 12.1 Å². The predicted octanol–water partition coefficient (Wildman–Crippen LogP) is 3.63. The number of hydrogen-bond acceptors (Lipinski definition) is 3. The second kappa shape index (κ2) is 7.31. The minimum Gasteiger partial charge on any atom is -0.493 e. The largest absolute Gasteiger partial charge is 0.493 e. The van der Waals surface area contributed by atoms with Crippen molar-refractivity contribution in [1.82, 2.24) is 5.32 Å². The Bertz CT molecular complexity index is 463. The van der Waals surface area contributed by atoms with E-state index in [-0.39, 0.29) is 0 Å². The number of rotatable bonds is 8. The molecule has 0 atom stereocenters. The summed E-state index contributed by atoms with van der Waals surface area (Å²) in [4.78, 5) is 0. The number of unbranched alkanes of at least 4 members (excludes halogenated alkanes) is 2. The summed E-state index contributed by atoms with van der Waals surface area (Å²) in [6.07, 6.45) is 5.12. The molecule has 0 unspecified atom stereocenters. The SMILES string of the molecule is Cc1cc(CNC2CC2)cc(C)c1OCCCCC#N. The summed E-state index contributed by atoms with van der Waals surface area (Å²) < 4.78 is 5.88. The number of nitrogens with one attached hydrogen (secondary N) is 1. The van der Waals surface area contributed by atoms with Gasteiger partial charge in [0.25, 0.3) is 0 Å². The summed E-state index contributed by atoms with van der Waals surface area (Å²) in [5.74, 6) is 1.01. The lowest BCUT2D eigenvalue weighted by Gasteiger charge is -2.14. The Morgan fingerprint density at radius 1 is 1.25 bits per heavy atom. The fraction of sp³-hybridized carbons (Fsp3) is 0.588. The molecule has 0 saturated heterocycles. The molecule has 1 aliphatic carbocycles. The molecule has 0 amide bonds. The lowest BCUT2D eigenvalue weighted by atomic mass is 10.1. The van der Waals surface area contributed by atoms with E-state index in [4.69, 9.17) is 10.00 Å². The molecule has 1 N–H and O–H groups in total. The lowest BCUT2D eigenvalue weighted by Crippen LogP contribution is -2.15. The van der Waals surface area contributed by atoms with Gasteiger partial charge >= 0.3 is 0 Å². The normalized spacial score (nSPS) is 14.1. The van der Waals surface area contributed by atoms with Gasteiger partial charge in [0.1, 0.15) is 5.75 Å². The van der Waals surface area contributed by atoms with Crippen molar-refractivity contribution in [3.8, 4) is 11.8 Å². The molecule has 20 heavy (non-hydrogen) atoms. The molecule has 0 aromatic heterocycles. The summed E-state index contributed by atoms with van der Waals surface area (Å²) in [5, 5.41) is 12.0. The third-order valence-corrected chi connectivity index (χ3v) is 3.62. The van der Waals surface area contributed by atoms with Gasteiger partial charge in [-0.2, -0.15) is 5.26 Å². The molecule has 0 bridgehead atoms. The maximum atomic E-state index is 8.50. The van der Waals surface area contributed by atoms with Crippen LogP contribution in [-0.4, -0.2) is 12.6 Å². The van der Waals surface area contributed by atoms with Crippen molar-refractivity contribution in [3.63, 3.8) is 0 Å². The van der Waals surface area contributed by atoms with Crippen LogP contribution < -0.4 is 10.1 Å². The van der Waals surface area contributed by atoms with Crippen molar-refractivity contribution in [3.05, 3.63) is 28.8 Å². The van der Waals surface area contributed by atoms with Gasteiger partial charge in [-0.15, -0.1) is 0 Å². The van der Waals surface area contributed by atoms with E-state index < -0.39 is 0 Å². The fourth-order valence-electron chi connectivity index (χ4n) is 2.40. The van der Waals surface area contributed by atoms with Gasteiger partial charge in [0.15, 0.2) is 0 Å². The van der Waals surface area contributed by atoms with E-state index in [0.717, 1.165) is 31.2 Å².